The van der Waals surface area contributed by atoms with Crippen LogP contribution in [0.4, 0.5) is 11.4 Å². The van der Waals surface area contributed by atoms with Crippen molar-refractivity contribution in [3.05, 3.63) is 89.0 Å². The van der Waals surface area contributed by atoms with Crippen LogP contribution in [0.2, 0.25) is 0 Å². The minimum atomic E-state index is -0.832. The number of nitro benzene ring substituents is 1. The third kappa shape index (κ3) is 3.76. The number of aryl methyl sites for hydroxylation is 1. The van der Waals surface area contributed by atoms with Gasteiger partial charge in [0, 0.05) is 22.8 Å². The van der Waals surface area contributed by atoms with E-state index in [1.807, 2.05) is 6.92 Å². The molecule has 2 aromatic carbocycles. The Labute approximate surface area is 165 Å². The van der Waals surface area contributed by atoms with Crippen molar-refractivity contribution in [3.63, 3.8) is 0 Å². The predicted molar refractivity (Wildman–Crippen MR) is 107 cm³/mol. The number of aromatic nitrogens is 2. The number of aliphatic imine (C=N–C) groups is 1. The monoisotopic (exact) mass is 444 g/mol. The van der Waals surface area contributed by atoms with Crippen molar-refractivity contribution in [3.8, 4) is 11.6 Å². The number of nitro groups is 1. The van der Waals surface area contributed by atoms with Gasteiger partial charge in [0.05, 0.1) is 16.3 Å². The number of nitrogens with zero attached hydrogens (tertiary/aromatic N) is 3. The van der Waals surface area contributed by atoms with Crippen molar-refractivity contribution in [2.24, 2.45) is 4.99 Å². The van der Waals surface area contributed by atoms with Crippen LogP contribution in [0.1, 0.15) is 11.1 Å². The highest BCUT2D eigenvalue weighted by Crippen LogP contribution is 2.23. The van der Waals surface area contributed by atoms with Gasteiger partial charge in [0.15, 0.2) is 0 Å². The van der Waals surface area contributed by atoms with Gasteiger partial charge in [0.1, 0.15) is 5.56 Å². The highest BCUT2D eigenvalue weighted by Gasteiger charge is 2.15. The second kappa shape index (κ2) is 7.61. The van der Waals surface area contributed by atoms with Crippen molar-refractivity contribution < 1.29 is 10.0 Å². The third-order valence-corrected chi connectivity index (χ3v) is 4.79. The second-order valence-electron chi connectivity index (χ2n) is 5.80. The molecule has 0 aliphatic heterocycles. The van der Waals surface area contributed by atoms with Crippen LogP contribution in [0.25, 0.3) is 5.69 Å². The fourth-order valence-electron chi connectivity index (χ4n) is 2.49. The number of benzene rings is 2. The molecule has 0 spiro atoms. The first-order valence-corrected chi connectivity index (χ1v) is 8.70. The fourth-order valence-corrected chi connectivity index (χ4v) is 2.74. The third-order valence-electron chi connectivity index (χ3n) is 3.90. The Bertz CT molecular complexity index is 1230. The van der Waals surface area contributed by atoms with E-state index in [9.17, 15) is 24.8 Å². The van der Waals surface area contributed by atoms with Gasteiger partial charge in [0.25, 0.3) is 11.2 Å². The quantitative estimate of drug-likeness (QED) is 0.362. The maximum absolute atomic E-state index is 12.2. The SMILES string of the molecule is Cc1cc(-n2c(O)c(C=Nc3cccc([N+](=O)[O-])c3)c(=O)[nH]c2=O)ccc1Br. The molecule has 0 atom stereocenters. The van der Waals surface area contributed by atoms with Gasteiger partial charge in [-0.3, -0.25) is 24.9 Å². The van der Waals surface area contributed by atoms with Crippen LogP contribution < -0.4 is 11.2 Å². The highest BCUT2D eigenvalue weighted by molar-refractivity contribution is 9.10. The van der Waals surface area contributed by atoms with Crippen LogP contribution in [0, 0.1) is 17.0 Å². The van der Waals surface area contributed by atoms with Crippen molar-refractivity contribution in [1.29, 1.82) is 0 Å². The zero-order valence-corrected chi connectivity index (χ0v) is 16.0. The van der Waals surface area contributed by atoms with Gasteiger partial charge in [-0.1, -0.05) is 22.0 Å². The van der Waals surface area contributed by atoms with Crippen molar-refractivity contribution in [2.45, 2.75) is 6.92 Å². The Kier molecular flexibility index (Phi) is 5.23. The topological polar surface area (TPSA) is 131 Å². The average Bonchev–Trinajstić information content (AvgIpc) is 2.64. The molecule has 142 valence electrons. The van der Waals surface area contributed by atoms with E-state index >= 15 is 0 Å². The molecule has 28 heavy (non-hydrogen) atoms. The van der Waals surface area contributed by atoms with Crippen LogP contribution in [-0.2, 0) is 0 Å². The van der Waals surface area contributed by atoms with Crippen LogP contribution in [0.5, 0.6) is 5.88 Å². The molecule has 0 aliphatic rings. The van der Waals surface area contributed by atoms with Crippen LogP contribution in [-0.4, -0.2) is 25.8 Å². The zero-order valence-electron chi connectivity index (χ0n) is 14.4. The first kappa shape index (κ1) is 19.2. The van der Waals surface area contributed by atoms with Crippen molar-refractivity contribution in [1.82, 2.24) is 9.55 Å². The van der Waals surface area contributed by atoms with Gasteiger partial charge < -0.3 is 5.11 Å². The normalized spacial score (nSPS) is 11.1. The standard InChI is InChI=1S/C18H13BrN4O5/c1-10-7-12(5-6-15(10)19)22-17(25)14(16(24)21-18(22)26)9-20-11-3-2-4-13(8-11)23(27)28/h2-9,25H,1H3,(H,21,24,26). The Morgan fingerprint density at radius 1 is 1.25 bits per heavy atom. The molecule has 0 bridgehead atoms. The van der Waals surface area contributed by atoms with E-state index in [4.69, 9.17) is 0 Å². The zero-order chi connectivity index (χ0) is 20.4. The number of aromatic amines is 1. The summed E-state index contributed by atoms with van der Waals surface area (Å²) in [5.74, 6) is -0.593. The molecule has 0 fully saturated rings. The van der Waals surface area contributed by atoms with Crippen molar-refractivity contribution >= 4 is 33.5 Å². The molecule has 0 saturated carbocycles. The molecule has 0 amide bonds. The van der Waals surface area contributed by atoms with E-state index in [1.165, 1.54) is 24.3 Å². The molecule has 9 nitrogen and oxygen atoms in total. The summed E-state index contributed by atoms with van der Waals surface area (Å²) >= 11 is 3.35. The lowest BCUT2D eigenvalue weighted by atomic mass is 10.2. The molecule has 3 aromatic rings. The smallest absolute Gasteiger partial charge is 0.335 e. The van der Waals surface area contributed by atoms with Gasteiger partial charge >= 0.3 is 5.69 Å². The maximum Gasteiger partial charge on any atom is 0.335 e. The summed E-state index contributed by atoms with van der Waals surface area (Å²) in [7, 11) is 0. The van der Waals surface area contributed by atoms with Gasteiger partial charge in [-0.05, 0) is 36.8 Å². The molecule has 0 aliphatic carbocycles. The molecule has 3 rings (SSSR count). The molecular weight excluding hydrogens is 432 g/mol. The van der Waals surface area contributed by atoms with E-state index in [2.05, 4.69) is 25.9 Å². The summed E-state index contributed by atoms with van der Waals surface area (Å²) in [6, 6.07) is 10.4. The van der Waals surface area contributed by atoms with E-state index in [1.54, 1.807) is 18.2 Å². The lowest BCUT2D eigenvalue weighted by Gasteiger charge is -2.11. The van der Waals surface area contributed by atoms with Crippen molar-refractivity contribution in [2.75, 3.05) is 0 Å². The predicted octanol–water partition coefficient (Wildman–Crippen LogP) is 2.96. The van der Waals surface area contributed by atoms with Gasteiger partial charge in [-0.25, -0.2) is 9.36 Å². The minimum absolute atomic E-state index is 0.164. The molecule has 0 unspecified atom stereocenters. The first-order valence-electron chi connectivity index (χ1n) is 7.91. The number of non-ortho nitro benzene ring substituents is 1. The molecule has 1 aromatic heterocycles. The first-order chi connectivity index (χ1) is 13.3. The molecule has 10 heteroatoms. The lowest BCUT2D eigenvalue weighted by molar-refractivity contribution is -0.384. The van der Waals surface area contributed by atoms with Gasteiger partial charge in [-0.2, -0.15) is 0 Å². The Balaban J connectivity index is 2.11. The summed E-state index contributed by atoms with van der Waals surface area (Å²) < 4.78 is 1.76. The number of hydrogen-bond donors (Lipinski definition) is 2. The Morgan fingerprint density at radius 3 is 2.68 bits per heavy atom. The molecule has 1 heterocycles. The number of H-pyrrole nitrogens is 1. The average molecular weight is 445 g/mol. The summed E-state index contributed by atoms with van der Waals surface area (Å²) in [6.07, 6.45) is 1.05. The van der Waals surface area contributed by atoms with E-state index in [0.29, 0.717) is 5.69 Å². The summed E-state index contributed by atoms with van der Waals surface area (Å²) in [5.41, 5.74) is -0.676. The summed E-state index contributed by atoms with van der Waals surface area (Å²) in [6.45, 7) is 1.81. The largest absolute Gasteiger partial charge is 0.493 e. The molecule has 0 radical (unpaired) electrons. The second-order valence-corrected chi connectivity index (χ2v) is 6.65. The van der Waals surface area contributed by atoms with Crippen LogP contribution in [0.15, 0.2) is 61.5 Å². The van der Waals surface area contributed by atoms with Crippen LogP contribution >= 0.6 is 15.9 Å². The molecule has 0 saturated heterocycles. The van der Waals surface area contributed by atoms with Crippen LogP contribution in [0.3, 0.4) is 0 Å². The van der Waals surface area contributed by atoms with E-state index in [-0.39, 0.29) is 16.9 Å². The van der Waals surface area contributed by atoms with Gasteiger partial charge in [-0.15, -0.1) is 0 Å². The summed E-state index contributed by atoms with van der Waals surface area (Å²) in [4.78, 5) is 40.8. The number of hydrogen-bond acceptors (Lipinski definition) is 6. The Hall–Kier alpha value is -3.53. The molecular formula is C18H13BrN4O5. The number of nitrogens with one attached hydrogen (secondary N) is 1. The summed E-state index contributed by atoms with van der Waals surface area (Å²) in [5, 5.41) is 21.4. The number of rotatable bonds is 4. The lowest BCUT2D eigenvalue weighted by Crippen LogP contribution is -2.31. The highest BCUT2D eigenvalue weighted by atomic mass is 79.9. The number of halogens is 1. The number of aromatic hydroxyl groups is 1. The maximum atomic E-state index is 12.2. The van der Waals surface area contributed by atoms with Gasteiger partial charge in [0.2, 0.25) is 5.88 Å². The minimum Gasteiger partial charge on any atom is -0.493 e. The van der Waals surface area contributed by atoms with E-state index < -0.39 is 22.1 Å². The molecule has 2 N–H and O–H groups in total. The Morgan fingerprint density at radius 2 is 2.00 bits per heavy atom. The van der Waals surface area contributed by atoms with E-state index in [0.717, 1.165) is 20.8 Å². The fraction of sp³-hybridized carbons (Fsp3) is 0.0556.